The van der Waals surface area contributed by atoms with Crippen molar-refractivity contribution in [2.24, 2.45) is 5.73 Å². The summed E-state index contributed by atoms with van der Waals surface area (Å²) in [6, 6.07) is 8.90. The van der Waals surface area contributed by atoms with E-state index in [1.54, 1.807) is 0 Å². The quantitative estimate of drug-likeness (QED) is 0.600. The van der Waals surface area contributed by atoms with Crippen molar-refractivity contribution in [3.8, 4) is 0 Å². The predicted octanol–water partition coefficient (Wildman–Crippen LogP) is -0.507. The number of carbonyl (C=O) groups is 1. The second-order valence-electron chi connectivity index (χ2n) is 4.21. The summed E-state index contributed by atoms with van der Waals surface area (Å²) in [5.41, 5.74) is 5.24. The van der Waals surface area contributed by atoms with Gasteiger partial charge in [-0.1, -0.05) is 30.3 Å². The first kappa shape index (κ1) is 13.8. The van der Waals surface area contributed by atoms with Crippen LogP contribution in [-0.2, 0) is 0 Å². The zero-order chi connectivity index (χ0) is 14.5. The molecule has 0 saturated heterocycles. The second kappa shape index (κ2) is 5.98. The van der Waals surface area contributed by atoms with Gasteiger partial charge in [0, 0.05) is 18.8 Å². The number of amides is 1. The molecule has 1 amide bonds. The highest BCUT2D eigenvalue weighted by Gasteiger charge is 2.12. The highest BCUT2D eigenvalue weighted by atomic mass is 16.2. The molecule has 0 bridgehead atoms. The topological polar surface area (TPSA) is 121 Å². The fraction of sp³-hybridized carbons (Fsp3) is 0.154. The lowest BCUT2D eigenvalue weighted by Gasteiger charge is -2.12. The van der Waals surface area contributed by atoms with Crippen molar-refractivity contribution in [2.75, 3.05) is 6.54 Å². The molecular formula is C13H14N4O3. The van der Waals surface area contributed by atoms with Crippen molar-refractivity contribution in [3.05, 3.63) is 68.5 Å². The summed E-state index contributed by atoms with van der Waals surface area (Å²) in [7, 11) is 0. The average Bonchev–Trinajstić information content (AvgIpc) is 2.45. The van der Waals surface area contributed by atoms with Gasteiger partial charge in [-0.2, -0.15) is 0 Å². The number of nitrogens with one attached hydrogen (secondary N) is 3. The molecule has 0 aliphatic carbocycles. The van der Waals surface area contributed by atoms with Crippen molar-refractivity contribution in [2.45, 2.75) is 6.04 Å². The summed E-state index contributed by atoms with van der Waals surface area (Å²) in [4.78, 5) is 38.3. The van der Waals surface area contributed by atoms with Gasteiger partial charge in [0.15, 0.2) is 0 Å². The number of nitrogens with two attached hydrogens (primary N) is 1. The normalized spacial score (nSPS) is 11.8. The molecule has 2 aromatic rings. The van der Waals surface area contributed by atoms with Crippen LogP contribution in [-0.4, -0.2) is 22.4 Å². The van der Waals surface area contributed by atoms with Crippen LogP contribution in [0.1, 0.15) is 22.0 Å². The highest BCUT2D eigenvalue weighted by Crippen LogP contribution is 2.07. The molecular weight excluding hydrogens is 260 g/mol. The minimum atomic E-state index is -0.737. The van der Waals surface area contributed by atoms with E-state index < -0.39 is 17.2 Å². The zero-order valence-electron chi connectivity index (χ0n) is 10.6. The molecule has 0 fully saturated rings. The molecule has 7 nitrogen and oxygen atoms in total. The van der Waals surface area contributed by atoms with Gasteiger partial charge in [0.05, 0.1) is 0 Å². The number of H-pyrrole nitrogens is 2. The van der Waals surface area contributed by atoms with Crippen LogP contribution in [0.4, 0.5) is 0 Å². The Morgan fingerprint density at radius 2 is 1.95 bits per heavy atom. The predicted molar refractivity (Wildman–Crippen MR) is 73.4 cm³/mol. The van der Waals surface area contributed by atoms with Crippen LogP contribution in [0.15, 0.2) is 46.1 Å². The summed E-state index contributed by atoms with van der Waals surface area (Å²) in [5.74, 6) is -0.589. The van der Waals surface area contributed by atoms with Gasteiger partial charge in [0.25, 0.3) is 11.5 Å². The molecule has 1 atom stereocenters. The van der Waals surface area contributed by atoms with Gasteiger partial charge in [0.2, 0.25) is 0 Å². The summed E-state index contributed by atoms with van der Waals surface area (Å²) in [6.07, 6.45) is 1.07. The second-order valence-corrected chi connectivity index (χ2v) is 4.21. The summed E-state index contributed by atoms with van der Waals surface area (Å²) < 4.78 is 0. The molecule has 1 aromatic carbocycles. The first-order valence-corrected chi connectivity index (χ1v) is 5.98. The Kier molecular flexibility index (Phi) is 4.11. The lowest BCUT2D eigenvalue weighted by Crippen LogP contribution is -2.36. The molecule has 104 valence electrons. The molecule has 1 unspecified atom stereocenters. The van der Waals surface area contributed by atoms with Crippen LogP contribution in [0.2, 0.25) is 0 Å². The van der Waals surface area contributed by atoms with Crippen LogP contribution in [0.3, 0.4) is 0 Å². The van der Waals surface area contributed by atoms with Gasteiger partial charge in [-0.05, 0) is 5.56 Å². The van der Waals surface area contributed by atoms with E-state index >= 15 is 0 Å². The van der Waals surface area contributed by atoms with Crippen LogP contribution in [0.5, 0.6) is 0 Å². The number of rotatable bonds is 4. The van der Waals surface area contributed by atoms with Crippen LogP contribution >= 0.6 is 0 Å². The van der Waals surface area contributed by atoms with Crippen molar-refractivity contribution in [3.63, 3.8) is 0 Å². The summed E-state index contributed by atoms with van der Waals surface area (Å²) >= 11 is 0. The number of aromatic nitrogens is 2. The molecule has 7 heteroatoms. The molecule has 0 spiro atoms. The molecule has 5 N–H and O–H groups in total. The zero-order valence-corrected chi connectivity index (χ0v) is 10.6. The number of hydrogen-bond donors (Lipinski definition) is 4. The Hall–Kier alpha value is -2.67. The molecule has 0 radical (unpaired) electrons. The van der Waals surface area contributed by atoms with Crippen molar-refractivity contribution < 1.29 is 4.79 Å². The first-order valence-electron chi connectivity index (χ1n) is 5.98. The molecule has 0 aliphatic heterocycles. The van der Waals surface area contributed by atoms with E-state index in [-0.39, 0.29) is 18.2 Å². The van der Waals surface area contributed by atoms with Crippen molar-refractivity contribution in [1.29, 1.82) is 0 Å². The molecule has 2 rings (SSSR count). The molecule has 1 heterocycles. The van der Waals surface area contributed by atoms with Crippen LogP contribution in [0, 0.1) is 0 Å². The first-order chi connectivity index (χ1) is 9.58. The minimum Gasteiger partial charge on any atom is -0.350 e. The maximum atomic E-state index is 11.8. The van der Waals surface area contributed by atoms with E-state index in [9.17, 15) is 14.4 Å². The molecule has 20 heavy (non-hydrogen) atoms. The van der Waals surface area contributed by atoms with E-state index in [1.165, 1.54) is 0 Å². The number of benzene rings is 1. The Balaban J connectivity index is 2.02. The third kappa shape index (κ3) is 3.21. The van der Waals surface area contributed by atoms with Gasteiger partial charge in [-0.3, -0.25) is 14.6 Å². The molecule has 0 saturated carbocycles. The Bertz CT molecular complexity index is 705. The fourth-order valence-electron chi connectivity index (χ4n) is 1.69. The maximum absolute atomic E-state index is 11.8. The molecule has 0 aliphatic rings. The van der Waals surface area contributed by atoms with E-state index in [0.717, 1.165) is 11.8 Å². The Morgan fingerprint density at radius 1 is 1.25 bits per heavy atom. The lowest BCUT2D eigenvalue weighted by molar-refractivity contribution is 0.0949. The Morgan fingerprint density at radius 3 is 2.60 bits per heavy atom. The van der Waals surface area contributed by atoms with Gasteiger partial charge in [-0.15, -0.1) is 0 Å². The highest BCUT2D eigenvalue weighted by molar-refractivity contribution is 5.93. The number of aromatic amines is 2. The average molecular weight is 274 g/mol. The van der Waals surface area contributed by atoms with E-state index in [1.807, 2.05) is 35.3 Å². The largest absolute Gasteiger partial charge is 0.350 e. The van der Waals surface area contributed by atoms with Gasteiger partial charge in [0.1, 0.15) is 5.56 Å². The Labute approximate surface area is 113 Å². The minimum absolute atomic E-state index is 0.162. The van der Waals surface area contributed by atoms with E-state index in [4.69, 9.17) is 5.73 Å². The summed E-state index contributed by atoms with van der Waals surface area (Å²) in [6.45, 7) is 0.182. The monoisotopic (exact) mass is 274 g/mol. The maximum Gasteiger partial charge on any atom is 0.325 e. The smallest absolute Gasteiger partial charge is 0.325 e. The third-order valence-corrected chi connectivity index (χ3v) is 2.77. The standard InChI is InChI=1S/C13H14N4O3/c14-10(8-4-2-1-3-5-8)7-15-11(18)9-6-16-13(20)17-12(9)19/h1-6,10H,7,14H2,(H,15,18)(H2,16,17,19,20). The fourth-order valence-corrected chi connectivity index (χ4v) is 1.69. The third-order valence-electron chi connectivity index (χ3n) is 2.77. The van der Waals surface area contributed by atoms with E-state index in [2.05, 4.69) is 10.3 Å². The van der Waals surface area contributed by atoms with Gasteiger partial charge >= 0.3 is 5.69 Å². The summed E-state index contributed by atoms with van der Waals surface area (Å²) in [5, 5.41) is 2.55. The van der Waals surface area contributed by atoms with Crippen molar-refractivity contribution >= 4 is 5.91 Å². The van der Waals surface area contributed by atoms with Crippen molar-refractivity contribution in [1.82, 2.24) is 15.3 Å². The number of carbonyl (C=O) groups excluding carboxylic acids is 1. The van der Waals surface area contributed by atoms with Gasteiger partial charge < -0.3 is 16.0 Å². The van der Waals surface area contributed by atoms with Gasteiger partial charge in [-0.25, -0.2) is 4.79 Å². The number of hydrogen-bond acceptors (Lipinski definition) is 4. The molecule has 1 aromatic heterocycles. The van der Waals surface area contributed by atoms with Crippen LogP contribution in [0.25, 0.3) is 0 Å². The lowest BCUT2D eigenvalue weighted by atomic mass is 10.1. The van der Waals surface area contributed by atoms with E-state index in [0.29, 0.717) is 0 Å². The SMILES string of the molecule is NC(CNC(=O)c1c[nH]c(=O)[nH]c1=O)c1ccccc1. The van der Waals surface area contributed by atoms with Crippen LogP contribution < -0.4 is 22.3 Å².